The van der Waals surface area contributed by atoms with E-state index in [0.717, 1.165) is 0 Å². The van der Waals surface area contributed by atoms with Crippen molar-refractivity contribution in [3.8, 4) is 0 Å². The van der Waals surface area contributed by atoms with Gasteiger partial charge in [0.25, 0.3) is 0 Å². The molecule has 0 aromatic rings. The first-order chi connectivity index (χ1) is 7.79. The van der Waals surface area contributed by atoms with Crippen LogP contribution in [0.1, 0.15) is 13.8 Å². The molecule has 108 valence electrons. The lowest BCUT2D eigenvalue weighted by atomic mass is 10.0. The monoisotopic (exact) mass is 390 g/mol. The Morgan fingerprint density at radius 2 is 2.06 bits per heavy atom. The fourth-order valence-corrected chi connectivity index (χ4v) is 2.47. The van der Waals surface area contributed by atoms with E-state index in [4.69, 9.17) is 5.73 Å². The molecule has 18 heavy (non-hydrogen) atoms. The average Bonchev–Trinajstić information content (AvgIpc) is 2.09. The molecular formula is C10H23IN4O2S. The van der Waals surface area contributed by atoms with Crippen LogP contribution in [0.25, 0.3) is 0 Å². The number of nitrogens with zero attached hydrogens (tertiary/aromatic N) is 2. The van der Waals surface area contributed by atoms with E-state index in [9.17, 15) is 8.42 Å². The Bertz CT molecular complexity index is 377. The third-order valence-corrected chi connectivity index (χ3v) is 3.83. The van der Waals surface area contributed by atoms with Gasteiger partial charge in [0.2, 0.25) is 10.0 Å². The number of sulfonamides is 1. The number of nitrogens with two attached hydrogens (primary N) is 1. The van der Waals surface area contributed by atoms with Crippen molar-refractivity contribution in [3.05, 3.63) is 0 Å². The van der Waals surface area contributed by atoms with Crippen LogP contribution in [-0.4, -0.2) is 51.1 Å². The highest BCUT2D eigenvalue weighted by molar-refractivity contribution is 14.0. The van der Waals surface area contributed by atoms with Gasteiger partial charge in [0.05, 0.1) is 6.26 Å². The second kappa shape index (κ2) is 7.49. The summed E-state index contributed by atoms with van der Waals surface area (Å²) in [5.41, 5.74) is 5.68. The topological polar surface area (TPSA) is 87.8 Å². The van der Waals surface area contributed by atoms with Crippen molar-refractivity contribution in [1.29, 1.82) is 0 Å². The van der Waals surface area contributed by atoms with Gasteiger partial charge in [0.1, 0.15) is 0 Å². The molecule has 1 aliphatic heterocycles. The molecule has 1 fully saturated rings. The molecule has 0 bridgehead atoms. The number of guanidine groups is 1. The van der Waals surface area contributed by atoms with Gasteiger partial charge in [-0.2, -0.15) is 0 Å². The van der Waals surface area contributed by atoms with Crippen molar-refractivity contribution in [2.24, 2.45) is 22.6 Å². The van der Waals surface area contributed by atoms with Crippen LogP contribution in [0.5, 0.6) is 0 Å². The first kappa shape index (κ1) is 17.9. The maximum Gasteiger partial charge on any atom is 0.211 e. The predicted molar refractivity (Wildman–Crippen MR) is 84.7 cm³/mol. The lowest BCUT2D eigenvalue weighted by Crippen LogP contribution is -2.53. The van der Waals surface area contributed by atoms with E-state index in [2.05, 4.69) is 24.2 Å². The molecule has 6 nitrogen and oxygen atoms in total. The van der Waals surface area contributed by atoms with Gasteiger partial charge in [-0.3, -0.25) is 4.99 Å². The summed E-state index contributed by atoms with van der Waals surface area (Å²) >= 11 is 0. The number of nitrogens with one attached hydrogen (secondary N) is 1. The van der Waals surface area contributed by atoms with Crippen molar-refractivity contribution in [1.82, 2.24) is 9.62 Å². The molecule has 0 aromatic heterocycles. The molecule has 1 rings (SSSR count). The molecule has 1 aliphatic rings. The molecule has 1 saturated heterocycles. The summed E-state index contributed by atoms with van der Waals surface area (Å²) in [5.74, 6) is 1.26. The highest BCUT2D eigenvalue weighted by Crippen LogP contribution is 2.17. The minimum Gasteiger partial charge on any atom is -0.370 e. The molecule has 0 radical (unpaired) electrons. The van der Waals surface area contributed by atoms with Crippen LogP contribution in [0.3, 0.4) is 0 Å². The van der Waals surface area contributed by atoms with Crippen molar-refractivity contribution in [2.45, 2.75) is 13.8 Å². The van der Waals surface area contributed by atoms with Crippen LogP contribution in [0, 0.1) is 11.8 Å². The molecule has 3 N–H and O–H groups in total. The molecule has 1 heterocycles. The third kappa shape index (κ3) is 6.19. The van der Waals surface area contributed by atoms with E-state index in [0.29, 0.717) is 44.0 Å². The lowest BCUT2D eigenvalue weighted by Gasteiger charge is -2.37. The average molecular weight is 390 g/mol. The molecule has 0 saturated carbocycles. The SMILES string of the molecule is CC(C)CN=C(N)NCC1CN(S(C)(=O)=O)C1.I. The largest absolute Gasteiger partial charge is 0.370 e. The Labute approximate surface area is 126 Å². The van der Waals surface area contributed by atoms with Crippen LogP contribution in [0.4, 0.5) is 0 Å². The summed E-state index contributed by atoms with van der Waals surface area (Å²) in [6, 6.07) is 0. The van der Waals surface area contributed by atoms with Gasteiger partial charge in [0, 0.05) is 32.1 Å². The molecule has 0 atom stereocenters. The van der Waals surface area contributed by atoms with Gasteiger partial charge in [-0.25, -0.2) is 12.7 Å². The number of aliphatic imine (C=N–C) groups is 1. The zero-order valence-corrected chi connectivity index (χ0v) is 14.2. The van der Waals surface area contributed by atoms with E-state index in [1.54, 1.807) is 0 Å². The molecule has 0 spiro atoms. The summed E-state index contributed by atoms with van der Waals surface area (Å²) in [6.45, 7) is 6.68. The second-order valence-electron chi connectivity index (χ2n) is 4.95. The van der Waals surface area contributed by atoms with Gasteiger partial charge in [0.15, 0.2) is 5.96 Å². The van der Waals surface area contributed by atoms with Gasteiger partial charge in [-0.15, -0.1) is 24.0 Å². The summed E-state index contributed by atoms with van der Waals surface area (Å²) in [6.07, 6.45) is 1.23. The number of rotatable bonds is 5. The molecule has 0 aromatic carbocycles. The standard InChI is InChI=1S/C10H22N4O2S.HI/c1-8(2)4-12-10(11)13-5-9-6-14(7-9)17(3,15)16;/h8-9H,4-7H2,1-3H3,(H3,11,12,13);1H. The van der Waals surface area contributed by atoms with Crippen molar-refractivity contribution in [3.63, 3.8) is 0 Å². The Morgan fingerprint density at radius 3 is 2.50 bits per heavy atom. The minimum atomic E-state index is -3.01. The zero-order valence-electron chi connectivity index (χ0n) is 11.1. The minimum absolute atomic E-state index is 0. The summed E-state index contributed by atoms with van der Waals surface area (Å²) in [7, 11) is -3.01. The fourth-order valence-electron chi connectivity index (χ4n) is 1.51. The maximum absolute atomic E-state index is 11.1. The van der Waals surface area contributed by atoms with E-state index in [-0.39, 0.29) is 24.0 Å². The molecule has 8 heteroatoms. The predicted octanol–water partition coefficient (Wildman–Crippen LogP) is 0.0561. The highest BCUT2D eigenvalue weighted by Gasteiger charge is 2.32. The van der Waals surface area contributed by atoms with E-state index >= 15 is 0 Å². The van der Waals surface area contributed by atoms with Gasteiger partial charge in [-0.1, -0.05) is 13.8 Å². The highest BCUT2D eigenvalue weighted by atomic mass is 127. The number of hydrogen-bond donors (Lipinski definition) is 2. The van der Waals surface area contributed by atoms with Gasteiger partial charge < -0.3 is 11.1 Å². The van der Waals surface area contributed by atoms with Crippen LogP contribution >= 0.6 is 24.0 Å². The van der Waals surface area contributed by atoms with Crippen LogP contribution in [-0.2, 0) is 10.0 Å². The first-order valence-corrected chi connectivity index (χ1v) is 7.62. The zero-order chi connectivity index (χ0) is 13.1. The molecule has 0 unspecified atom stereocenters. The Kier molecular flexibility index (Phi) is 7.45. The normalized spacial score (nSPS) is 18.3. The second-order valence-corrected chi connectivity index (χ2v) is 6.93. The number of hydrogen-bond acceptors (Lipinski definition) is 3. The number of halogens is 1. The van der Waals surface area contributed by atoms with Crippen molar-refractivity contribution < 1.29 is 8.42 Å². The Hall–Kier alpha value is -0.0900. The first-order valence-electron chi connectivity index (χ1n) is 5.78. The maximum atomic E-state index is 11.1. The third-order valence-electron chi connectivity index (χ3n) is 2.59. The van der Waals surface area contributed by atoms with Crippen LogP contribution in [0.15, 0.2) is 4.99 Å². The van der Waals surface area contributed by atoms with Gasteiger partial charge >= 0.3 is 0 Å². The quantitative estimate of drug-likeness (QED) is 0.395. The lowest BCUT2D eigenvalue weighted by molar-refractivity contribution is 0.203. The van der Waals surface area contributed by atoms with Crippen LogP contribution < -0.4 is 11.1 Å². The molecule has 0 amide bonds. The van der Waals surface area contributed by atoms with Crippen LogP contribution in [0.2, 0.25) is 0 Å². The summed E-state index contributed by atoms with van der Waals surface area (Å²) in [5, 5.41) is 3.02. The van der Waals surface area contributed by atoms with E-state index in [1.165, 1.54) is 10.6 Å². The Balaban J connectivity index is 0.00000289. The fraction of sp³-hybridized carbons (Fsp3) is 0.900. The molecular weight excluding hydrogens is 367 g/mol. The Morgan fingerprint density at radius 1 is 1.50 bits per heavy atom. The van der Waals surface area contributed by atoms with Crippen molar-refractivity contribution >= 4 is 40.0 Å². The van der Waals surface area contributed by atoms with E-state index < -0.39 is 10.0 Å². The van der Waals surface area contributed by atoms with E-state index in [1.807, 2.05) is 0 Å². The van der Waals surface area contributed by atoms with Crippen molar-refractivity contribution in [2.75, 3.05) is 32.4 Å². The smallest absolute Gasteiger partial charge is 0.211 e. The molecule has 0 aliphatic carbocycles. The summed E-state index contributed by atoms with van der Waals surface area (Å²) < 4.78 is 23.7. The summed E-state index contributed by atoms with van der Waals surface area (Å²) in [4.78, 5) is 4.17. The van der Waals surface area contributed by atoms with Gasteiger partial charge in [-0.05, 0) is 5.92 Å².